The number of benzene rings is 1. The highest BCUT2D eigenvalue weighted by atomic mass is 16.2. The van der Waals surface area contributed by atoms with Crippen LogP contribution in [0.15, 0.2) is 48.7 Å². The number of anilines is 1. The quantitative estimate of drug-likeness (QED) is 0.802. The van der Waals surface area contributed by atoms with Gasteiger partial charge in [0.15, 0.2) is 0 Å². The van der Waals surface area contributed by atoms with E-state index in [-0.39, 0.29) is 12.1 Å². The second kappa shape index (κ2) is 9.22. The molecule has 0 spiro atoms. The van der Waals surface area contributed by atoms with Crippen molar-refractivity contribution in [3.63, 3.8) is 0 Å². The Morgan fingerprint density at radius 2 is 1.88 bits per heavy atom. The lowest BCUT2D eigenvalue weighted by Crippen LogP contribution is -2.40. The van der Waals surface area contributed by atoms with E-state index in [4.69, 9.17) is 0 Å². The molecule has 0 aliphatic carbocycles. The molecule has 0 saturated carbocycles. The fraction of sp³-hybridized carbons (Fsp3) is 0.429. The van der Waals surface area contributed by atoms with Gasteiger partial charge in [-0.2, -0.15) is 0 Å². The van der Waals surface area contributed by atoms with Gasteiger partial charge in [0.2, 0.25) is 0 Å². The second-order valence-electron chi connectivity index (χ2n) is 6.97. The molecule has 0 bridgehead atoms. The van der Waals surface area contributed by atoms with E-state index in [1.807, 2.05) is 43.5 Å². The Morgan fingerprint density at radius 1 is 1.12 bits per heavy atom. The van der Waals surface area contributed by atoms with Crippen molar-refractivity contribution >= 4 is 11.8 Å². The fourth-order valence-corrected chi connectivity index (χ4v) is 3.21. The molecular weight excluding hydrogens is 324 g/mol. The number of carbonyl (C=O) groups is 1. The van der Waals surface area contributed by atoms with E-state index in [0.29, 0.717) is 6.54 Å². The van der Waals surface area contributed by atoms with Crippen LogP contribution < -0.4 is 15.5 Å². The summed E-state index contributed by atoms with van der Waals surface area (Å²) in [6.07, 6.45) is 6.22. The van der Waals surface area contributed by atoms with Crippen LogP contribution in [0.25, 0.3) is 0 Å². The number of hydrogen-bond donors (Lipinski definition) is 2. The minimum atomic E-state index is -0.130. The summed E-state index contributed by atoms with van der Waals surface area (Å²) in [5.74, 6) is 1.03. The van der Waals surface area contributed by atoms with Crippen LogP contribution in [0.4, 0.5) is 10.6 Å². The van der Waals surface area contributed by atoms with Crippen LogP contribution in [0, 0.1) is 0 Å². The maximum atomic E-state index is 12.1. The largest absolute Gasteiger partial charge is 0.357 e. The van der Waals surface area contributed by atoms with E-state index in [9.17, 15) is 4.79 Å². The summed E-state index contributed by atoms with van der Waals surface area (Å²) in [5.41, 5.74) is 2.31. The van der Waals surface area contributed by atoms with Crippen molar-refractivity contribution in [2.24, 2.45) is 0 Å². The fourth-order valence-electron chi connectivity index (χ4n) is 3.21. The van der Waals surface area contributed by atoms with E-state index >= 15 is 0 Å². The molecule has 26 heavy (non-hydrogen) atoms. The van der Waals surface area contributed by atoms with E-state index < -0.39 is 0 Å². The third kappa shape index (κ3) is 5.48. The molecule has 5 heteroatoms. The van der Waals surface area contributed by atoms with Crippen LogP contribution in [0.3, 0.4) is 0 Å². The van der Waals surface area contributed by atoms with Crippen molar-refractivity contribution in [2.75, 3.05) is 18.0 Å². The monoisotopic (exact) mass is 352 g/mol. The number of urea groups is 1. The maximum Gasteiger partial charge on any atom is 0.315 e. The molecule has 1 unspecified atom stereocenters. The van der Waals surface area contributed by atoms with Gasteiger partial charge in [-0.25, -0.2) is 9.78 Å². The van der Waals surface area contributed by atoms with Crippen molar-refractivity contribution in [1.82, 2.24) is 15.6 Å². The average molecular weight is 352 g/mol. The zero-order valence-corrected chi connectivity index (χ0v) is 15.4. The van der Waals surface area contributed by atoms with E-state index in [2.05, 4.69) is 32.7 Å². The number of pyridine rings is 1. The molecule has 1 aliphatic rings. The number of hydrogen-bond acceptors (Lipinski definition) is 3. The third-order valence-electron chi connectivity index (χ3n) is 4.78. The number of rotatable bonds is 7. The highest BCUT2D eigenvalue weighted by Crippen LogP contribution is 2.17. The third-order valence-corrected chi connectivity index (χ3v) is 4.78. The Hall–Kier alpha value is -2.56. The van der Waals surface area contributed by atoms with Gasteiger partial charge in [-0.05, 0) is 49.8 Å². The number of amides is 2. The van der Waals surface area contributed by atoms with E-state index in [1.54, 1.807) is 0 Å². The van der Waals surface area contributed by atoms with Crippen molar-refractivity contribution in [1.29, 1.82) is 0 Å². The molecule has 1 saturated heterocycles. The Balaban J connectivity index is 1.37. The molecule has 2 aromatic rings. The number of carbonyl (C=O) groups excluding carboxylic acids is 1. The van der Waals surface area contributed by atoms with Crippen molar-refractivity contribution in [3.8, 4) is 0 Å². The van der Waals surface area contributed by atoms with Crippen LogP contribution in [0.2, 0.25) is 0 Å². The minimum Gasteiger partial charge on any atom is -0.357 e. The molecule has 1 aromatic carbocycles. The summed E-state index contributed by atoms with van der Waals surface area (Å²) >= 11 is 0. The lowest BCUT2D eigenvalue weighted by atomic mass is 10.1. The van der Waals surface area contributed by atoms with Crippen molar-refractivity contribution < 1.29 is 4.79 Å². The molecule has 2 amide bonds. The number of aryl methyl sites for hydroxylation is 1. The van der Waals surface area contributed by atoms with Crippen molar-refractivity contribution in [2.45, 2.75) is 45.2 Å². The predicted molar refractivity (Wildman–Crippen MR) is 105 cm³/mol. The first-order valence-corrected chi connectivity index (χ1v) is 9.49. The molecule has 1 fully saturated rings. The SMILES string of the molecule is CC(CCc1ccccc1)NC(=O)NCc1ccc(N2CCCC2)nc1. The van der Waals surface area contributed by atoms with Gasteiger partial charge in [-0.15, -0.1) is 0 Å². The molecule has 2 N–H and O–H groups in total. The molecular formula is C21H28N4O. The van der Waals surface area contributed by atoms with Gasteiger partial charge in [0.05, 0.1) is 0 Å². The Kier molecular flexibility index (Phi) is 6.47. The van der Waals surface area contributed by atoms with E-state index in [0.717, 1.165) is 37.3 Å². The van der Waals surface area contributed by atoms with Crippen LogP contribution in [-0.2, 0) is 13.0 Å². The van der Waals surface area contributed by atoms with Gasteiger partial charge in [-0.1, -0.05) is 36.4 Å². The first-order chi connectivity index (χ1) is 12.7. The zero-order valence-electron chi connectivity index (χ0n) is 15.4. The first kappa shape index (κ1) is 18.2. The van der Waals surface area contributed by atoms with Crippen molar-refractivity contribution in [3.05, 3.63) is 59.8 Å². The normalized spacial score (nSPS) is 14.9. The molecule has 2 heterocycles. The highest BCUT2D eigenvalue weighted by molar-refractivity contribution is 5.74. The minimum absolute atomic E-state index is 0.130. The average Bonchev–Trinajstić information content (AvgIpc) is 3.21. The Labute approximate surface area is 155 Å². The highest BCUT2D eigenvalue weighted by Gasteiger charge is 2.13. The first-order valence-electron chi connectivity index (χ1n) is 9.49. The van der Waals surface area contributed by atoms with Crippen LogP contribution in [0.5, 0.6) is 0 Å². The summed E-state index contributed by atoms with van der Waals surface area (Å²) in [4.78, 5) is 18.9. The van der Waals surface area contributed by atoms with Gasteiger partial charge in [0.1, 0.15) is 5.82 Å². The molecule has 1 atom stereocenters. The smallest absolute Gasteiger partial charge is 0.315 e. The molecule has 0 radical (unpaired) electrons. The Bertz CT molecular complexity index is 681. The number of nitrogens with zero attached hydrogens (tertiary/aromatic N) is 2. The van der Waals surface area contributed by atoms with Gasteiger partial charge in [-0.3, -0.25) is 0 Å². The molecule has 5 nitrogen and oxygen atoms in total. The van der Waals surface area contributed by atoms with Gasteiger partial charge < -0.3 is 15.5 Å². The van der Waals surface area contributed by atoms with E-state index in [1.165, 1.54) is 18.4 Å². The Morgan fingerprint density at radius 3 is 2.58 bits per heavy atom. The zero-order chi connectivity index (χ0) is 18.2. The summed E-state index contributed by atoms with van der Waals surface area (Å²) in [6, 6.07) is 14.4. The topological polar surface area (TPSA) is 57.3 Å². The molecule has 1 aliphatic heterocycles. The summed E-state index contributed by atoms with van der Waals surface area (Å²) in [7, 11) is 0. The van der Waals surface area contributed by atoms with Crippen LogP contribution >= 0.6 is 0 Å². The number of nitrogens with one attached hydrogen (secondary N) is 2. The van der Waals surface area contributed by atoms with Gasteiger partial charge >= 0.3 is 6.03 Å². The molecule has 3 rings (SSSR count). The van der Waals surface area contributed by atoms with Gasteiger partial charge in [0.25, 0.3) is 0 Å². The molecule has 138 valence electrons. The molecule has 1 aromatic heterocycles. The summed E-state index contributed by atoms with van der Waals surface area (Å²) in [5, 5.41) is 5.91. The number of aromatic nitrogens is 1. The standard InChI is InChI=1S/C21H28N4O/c1-17(9-10-18-7-3-2-4-8-18)24-21(26)23-16-19-11-12-20(22-15-19)25-13-5-6-14-25/h2-4,7-8,11-12,15,17H,5-6,9-10,13-14,16H2,1H3,(H2,23,24,26). The summed E-state index contributed by atoms with van der Waals surface area (Å²) < 4.78 is 0. The lowest BCUT2D eigenvalue weighted by Gasteiger charge is -2.17. The maximum absolute atomic E-state index is 12.1. The van der Waals surface area contributed by atoms with Gasteiger partial charge in [0, 0.05) is 31.9 Å². The summed E-state index contributed by atoms with van der Waals surface area (Å²) in [6.45, 7) is 4.71. The van der Waals surface area contributed by atoms with Crippen LogP contribution in [0.1, 0.15) is 37.3 Å². The predicted octanol–water partition coefficient (Wildman–Crippen LogP) is 3.50. The van der Waals surface area contributed by atoms with Crippen LogP contribution in [-0.4, -0.2) is 30.1 Å². The lowest BCUT2D eigenvalue weighted by molar-refractivity contribution is 0.237. The second-order valence-corrected chi connectivity index (χ2v) is 6.97.